The van der Waals surface area contributed by atoms with E-state index in [1.165, 1.54) is 5.56 Å². The summed E-state index contributed by atoms with van der Waals surface area (Å²) in [5, 5.41) is 3.34. The standard InChI is InChI=1S/C13H20FNO/c1-3-15-11(2)12-5-7-13(8-6-12)16-10-4-9-14/h5-8,11,15H,3-4,9-10H2,1-2H3. The lowest BCUT2D eigenvalue weighted by molar-refractivity contribution is 0.289. The van der Waals surface area contributed by atoms with Crippen molar-refractivity contribution in [1.82, 2.24) is 5.32 Å². The fourth-order valence-electron chi connectivity index (χ4n) is 1.52. The molecular weight excluding hydrogens is 205 g/mol. The van der Waals surface area contributed by atoms with E-state index in [0.717, 1.165) is 12.3 Å². The minimum atomic E-state index is -0.324. The van der Waals surface area contributed by atoms with Gasteiger partial charge in [-0.2, -0.15) is 0 Å². The van der Waals surface area contributed by atoms with E-state index in [1.807, 2.05) is 24.3 Å². The molecule has 0 fully saturated rings. The molecule has 16 heavy (non-hydrogen) atoms. The largest absolute Gasteiger partial charge is 0.494 e. The number of nitrogens with one attached hydrogen (secondary N) is 1. The Hall–Kier alpha value is -1.09. The quantitative estimate of drug-likeness (QED) is 0.720. The summed E-state index contributed by atoms with van der Waals surface area (Å²) in [4.78, 5) is 0. The Morgan fingerprint density at radius 1 is 1.31 bits per heavy atom. The second-order valence-electron chi connectivity index (χ2n) is 3.74. The predicted molar refractivity (Wildman–Crippen MR) is 64.6 cm³/mol. The second-order valence-corrected chi connectivity index (χ2v) is 3.74. The Morgan fingerprint density at radius 3 is 2.56 bits per heavy atom. The van der Waals surface area contributed by atoms with Crippen molar-refractivity contribution < 1.29 is 9.13 Å². The van der Waals surface area contributed by atoms with Gasteiger partial charge >= 0.3 is 0 Å². The highest BCUT2D eigenvalue weighted by Crippen LogP contribution is 2.17. The van der Waals surface area contributed by atoms with Crippen molar-refractivity contribution >= 4 is 0 Å². The van der Waals surface area contributed by atoms with Crippen LogP contribution in [0.4, 0.5) is 4.39 Å². The summed E-state index contributed by atoms with van der Waals surface area (Å²) in [6.07, 6.45) is 0.454. The third-order valence-electron chi connectivity index (χ3n) is 2.44. The zero-order chi connectivity index (χ0) is 11.8. The van der Waals surface area contributed by atoms with Gasteiger partial charge in [0.15, 0.2) is 0 Å². The molecule has 0 radical (unpaired) electrons. The van der Waals surface area contributed by atoms with E-state index in [2.05, 4.69) is 19.2 Å². The van der Waals surface area contributed by atoms with Gasteiger partial charge in [-0.25, -0.2) is 0 Å². The summed E-state index contributed by atoms with van der Waals surface area (Å²) in [7, 11) is 0. The van der Waals surface area contributed by atoms with Crippen molar-refractivity contribution in [3.8, 4) is 5.75 Å². The zero-order valence-corrected chi connectivity index (χ0v) is 10.0. The number of benzene rings is 1. The van der Waals surface area contributed by atoms with Crippen LogP contribution in [0.3, 0.4) is 0 Å². The molecule has 0 spiro atoms. The van der Waals surface area contributed by atoms with Crippen molar-refractivity contribution in [3.05, 3.63) is 29.8 Å². The van der Waals surface area contributed by atoms with Gasteiger partial charge in [0.1, 0.15) is 5.75 Å². The monoisotopic (exact) mass is 225 g/mol. The van der Waals surface area contributed by atoms with Gasteiger partial charge in [0.05, 0.1) is 13.3 Å². The summed E-state index contributed by atoms with van der Waals surface area (Å²) in [6.45, 7) is 5.29. The number of hydrogen-bond acceptors (Lipinski definition) is 2. The molecule has 0 bridgehead atoms. The number of alkyl halides is 1. The van der Waals surface area contributed by atoms with Crippen molar-refractivity contribution in [2.75, 3.05) is 19.8 Å². The summed E-state index contributed by atoms with van der Waals surface area (Å²) < 4.78 is 17.2. The van der Waals surface area contributed by atoms with Crippen LogP contribution >= 0.6 is 0 Å². The first kappa shape index (κ1) is 13.0. The van der Waals surface area contributed by atoms with Crippen LogP contribution in [0, 0.1) is 0 Å². The summed E-state index contributed by atoms with van der Waals surface area (Å²) in [5.41, 5.74) is 1.24. The van der Waals surface area contributed by atoms with Crippen LogP contribution in [0.15, 0.2) is 24.3 Å². The maximum absolute atomic E-state index is 11.9. The van der Waals surface area contributed by atoms with Gasteiger partial charge < -0.3 is 10.1 Å². The van der Waals surface area contributed by atoms with E-state index in [-0.39, 0.29) is 6.67 Å². The van der Waals surface area contributed by atoms with Gasteiger partial charge in [-0.1, -0.05) is 19.1 Å². The third kappa shape index (κ3) is 4.19. The molecule has 1 rings (SSSR count). The van der Waals surface area contributed by atoms with Crippen molar-refractivity contribution in [2.24, 2.45) is 0 Å². The van der Waals surface area contributed by atoms with Gasteiger partial charge in [0, 0.05) is 12.5 Å². The van der Waals surface area contributed by atoms with E-state index in [0.29, 0.717) is 19.1 Å². The molecular formula is C13H20FNO. The second kappa shape index (κ2) is 7.23. The lowest BCUT2D eigenvalue weighted by Gasteiger charge is -2.13. The molecule has 3 heteroatoms. The molecule has 0 aliphatic carbocycles. The molecule has 0 aliphatic rings. The normalized spacial score (nSPS) is 12.4. The van der Waals surface area contributed by atoms with Crippen molar-refractivity contribution in [2.45, 2.75) is 26.3 Å². The van der Waals surface area contributed by atoms with E-state index in [9.17, 15) is 4.39 Å². The maximum Gasteiger partial charge on any atom is 0.119 e. The fraction of sp³-hybridized carbons (Fsp3) is 0.538. The van der Waals surface area contributed by atoms with Crippen LogP contribution in [0.25, 0.3) is 0 Å². The van der Waals surface area contributed by atoms with Gasteiger partial charge in [-0.3, -0.25) is 4.39 Å². The minimum absolute atomic E-state index is 0.324. The Labute approximate surface area is 96.8 Å². The van der Waals surface area contributed by atoms with Crippen LogP contribution in [0.5, 0.6) is 5.75 Å². The molecule has 2 nitrogen and oxygen atoms in total. The van der Waals surface area contributed by atoms with Crippen LogP contribution in [-0.4, -0.2) is 19.8 Å². The van der Waals surface area contributed by atoms with Crippen LogP contribution in [0.1, 0.15) is 31.9 Å². The first-order valence-corrected chi connectivity index (χ1v) is 5.80. The molecule has 1 aromatic carbocycles. The molecule has 0 heterocycles. The number of halogens is 1. The molecule has 0 saturated carbocycles. The van der Waals surface area contributed by atoms with Crippen molar-refractivity contribution in [1.29, 1.82) is 0 Å². The number of ether oxygens (including phenoxy) is 1. The van der Waals surface area contributed by atoms with E-state index < -0.39 is 0 Å². The molecule has 1 aromatic rings. The van der Waals surface area contributed by atoms with Crippen molar-refractivity contribution in [3.63, 3.8) is 0 Å². The maximum atomic E-state index is 11.9. The van der Waals surface area contributed by atoms with Crippen LogP contribution in [-0.2, 0) is 0 Å². The first-order valence-electron chi connectivity index (χ1n) is 5.80. The molecule has 0 amide bonds. The van der Waals surface area contributed by atoms with Gasteiger partial charge in [0.25, 0.3) is 0 Å². The molecule has 0 saturated heterocycles. The molecule has 0 aromatic heterocycles. The van der Waals surface area contributed by atoms with Gasteiger partial charge in [0.2, 0.25) is 0 Å². The number of hydrogen-bond donors (Lipinski definition) is 1. The Kier molecular flexibility index (Phi) is 5.86. The zero-order valence-electron chi connectivity index (χ0n) is 10.0. The fourth-order valence-corrected chi connectivity index (χ4v) is 1.52. The first-order chi connectivity index (χ1) is 7.77. The lowest BCUT2D eigenvalue weighted by atomic mass is 10.1. The van der Waals surface area contributed by atoms with E-state index >= 15 is 0 Å². The predicted octanol–water partition coefficient (Wildman–Crippen LogP) is 3.10. The summed E-state index contributed by atoms with van der Waals surface area (Å²) >= 11 is 0. The topological polar surface area (TPSA) is 21.3 Å². The Morgan fingerprint density at radius 2 is 2.00 bits per heavy atom. The van der Waals surface area contributed by atoms with E-state index in [4.69, 9.17) is 4.74 Å². The van der Waals surface area contributed by atoms with Crippen LogP contribution in [0.2, 0.25) is 0 Å². The molecule has 1 unspecified atom stereocenters. The number of rotatable bonds is 7. The average Bonchev–Trinajstić information content (AvgIpc) is 2.30. The smallest absolute Gasteiger partial charge is 0.119 e. The van der Waals surface area contributed by atoms with Crippen LogP contribution < -0.4 is 10.1 Å². The molecule has 1 N–H and O–H groups in total. The third-order valence-corrected chi connectivity index (χ3v) is 2.44. The molecule has 0 aliphatic heterocycles. The van der Waals surface area contributed by atoms with E-state index in [1.54, 1.807) is 0 Å². The van der Waals surface area contributed by atoms with Gasteiger partial charge in [-0.05, 0) is 31.2 Å². The van der Waals surface area contributed by atoms with Gasteiger partial charge in [-0.15, -0.1) is 0 Å². The minimum Gasteiger partial charge on any atom is -0.494 e. The Bertz CT molecular complexity index is 286. The highest BCUT2D eigenvalue weighted by Gasteiger charge is 2.03. The SMILES string of the molecule is CCNC(C)c1ccc(OCCCF)cc1. The highest BCUT2D eigenvalue weighted by atomic mass is 19.1. The average molecular weight is 225 g/mol. The lowest BCUT2D eigenvalue weighted by Crippen LogP contribution is -2.17. The molecule has 1 atom stereocenters. The summed E-state index contributed by atoms with van der Waals surface area (Å²) in [5.74, 6) is 0.806. The summed E-state index contributed by atoms with van der Waals surface area (Å²) in [6, 6.07) is 8.30. The Balaban J connectivity index is 2.47. The highest BCUT2D eigenvalue weighted by molar-refractivity contribution is 5.28. The molecule has 90 valence electrons.